The van der Waals surface area contributed by atoms with E-state index >= 15 is 0 Å². The molecular formula is C39H40ClFN4O2. The largest absolute Gasteiger partial charge is 0.341 e. The number of nitrogens with zero attached hydrogens (tertiary/aromatic N) is 4. The van der Waals surface area contributed by atoms with Gasteiger partial charge in [0.2, 0.25) is 5.78 Å². The Bertz CT molecular complexity index is 1850. The number of ketones is 1. The molecule has 1 aromatic heterocycles. The van der Waals surface area contributed by atoms with Crippen molar-refractivity contribution >= 4 is 34.3 Å². The van der Waals surface area contributed by atoms with Gasteiger partial charge in [0.1, 0.15) is 5.82 Å². The molecule has 1 fully saturated rings. The summed E-state index contributed by atoms with van der Waals surface area (Å²) in [5.74, 6) is 0.283. The Morgan fingerprint density at radius 2 is 1.66 bits per heavy atom. The average molecular weight is 651 g/mol. The molecule has 242 valence electrons. The lowest BCUT2D eigenvalue weighted by Gasteiger charge is -2.33. The van der Waals surface area contributed by atoms with E-state index in [1.54, 1.807) is 12.1 Å². The SMILES string of the molecule is Cc1cc(C(CCN2CCC(C(=O)c3nc4ccccc4n3Cc3ccc(F)cc3)CC2)CN(C)C(=O)c2ccccc2)ccc1Cl. The maximum Gasteiger partial charge on any atom is 0.253 e. The number of Topliss-reactive ketones (excluding diaryl/α,β-unsaturated/α-hetero) is 1. The zero-order chi connectivity index (χ0) is 32.9. The van der Waals surface area contributed by atoms with E-state index in [4.69, 9.17) is 16.6 Å². The molecule has 0 radical (unpaired) electrons. The fraction of sp³-hybridized carbons (Fsp3) is 0.308. The number of carbonyl (C=O) groups is 2. The lowest BCUT2D eigenvalue weighted by Crippen LogP contribution is -2.38. The molecule has 0 saturated carbocycles. The number of imidazole rings is 1. The predicted molar refractivity (Wildman–Crippen MR) is 186 cm³/mol. The second-order valence-electron chi connectivity index (χ2n) is 12.7. The van der Waals surface area contributed by atoms with Crippen molar-refractivity contribution in [3.05, 3.63) is 136 Å². The molecule has 4 aromatic carbocycles. The van der Waals surface area contributed by atoms with E-state index < -0.39 is 0 Å². The number of hydrogen-bond acceptors (Lipinski definition) is 4. The van der Waals surface area contributed by atoms with Gasteiger partial charge in [-0.1, -0.05) is 66.2 Å². The number of aromatic nitrogens is 2. The van der Waals surface area contributed by atoms with Crippen LogP contribution in [0.5, 0.6) is 0 Å². The average Bonchev–Trinajstić information content (AvgIpc) is 3.46. The summed E-state index contributed by atoms with van der Waals surface area (Å²) in [5, 5.41) is 0.735. The fourth-order valence-corrected chi connectivity index (χ4v) is 6.75. The van der Waals surface area contributed by atoms with E-state index in [-0.39, 0.29) is 29.3 Å². The lowest BCUT2D eigenvalue weighted by atomic mass is 9.90. The van der Waals surface area contributed by atoms with Crippen LogP contribution in [-0.4, -0.2) is 64.3 Å². The van der Waals surface area contributed by atoms with Crippen LogP contribution < -0.4 is 0 Å². The first-order valence-electron chi connectivity index (χ1n) is 16.3. The Morgan fingerprint density at radius 1 is 0.957 bits per heavy atom. The summed E-state index contributed by atoms with van der Waals surface area (Å²) < 4.78 is 15.5. The molecule has 0 N–H and O–H groups in total. The molecule has 2 heterocycles. The Kier molecular flexibility index (Phi) is 10.1. The van der Waals surface area contributed by atoms with Crippen molar-refractivity contribution < 1.29 is 14.0 Å². The number of likely N-dealkylation sites (tertiary alicyclic amines) is 1. The number of para-hydroxylation sites is 2. The standard InChI is InChI=1S/C39H40ClFN4O2/c1-27-24-31(14-17-34(27)40)32(26-43(2)39(47)30-8-4-3-5-9-30)20-23-44-21-18-29(19-22-44)37(46)38-42-35-10-6-7-11-36(35)45(38)25-28-12-15-33(41)16-13-28/h3-17,24,29,32H,18-23,25-26H2,1-2H3. The topological polar surface area (TPSA) is 58.4 Å². The molecule has 5 aromatic rings. The fourth-order valence-electron chi connectivity index (χ4n) is 6.64. The van der Waals surface area contributed by atoms with Gasteiger partial charge in [-0.05, 0) is 105 Å². The van der Waals surface area contributed by atoms with Crippen LogP contribution in [0.2, 0.25) is 5.02 Å². The third-order valence-electron chi connectivity index (χ3n) is 9.40. The summed E-state index contributed by atoms with van der Waals surface area (Å²) in [5.41, 5.74) is 5.48. The summed E-state index contributed by atoms with van der Waals surface area (Å²) in [6, 6.07) is 29.7. The Balaban J connectivity index is 1.12. The number of likely N-dealkylation sites (N-methyl/N-ethyl adjacent to an activating group) is 1. The highest BCUT2D eigenvalue weighted by molar-refractivity contribution is 6.31. The van der Waals surface area contributed by atoms with Crippen LogP contribution in [0.4, 0.5) is 4.39 Å². The zero-order valence-corrected chi connectivity index (χ0v) is 27.7. The third-order valence-corrected chi connectivity index (χ3v) is 9.82. The van der Waals surface area contributed by atoms with E-state index in [0.29, 0.717) is 24.5 Å². The minimum absolute atomic E-state index is 0.00561. The molecule has 1 unspecified atom stereocenters. The summed E-state index contributed by atoms with van der Waals surface area (Å²) in [6.45, 7) is 5.56. The van der Waals surface area contributed by atoms with Crippen LogP contribution in [0.15, 0.2) is 97.1 Å². The molecule has 1 amide bonds. The number of piperidine rings is 1. The second-order valence-corrected chi connectivity index (χ2v) is 13.1. The van der Waals surface area contributed by atoms with Gasteiger partial charge >= 0.3 is 0 Å². The zero-order valence-electron chi connectivity index (χ0n) is 26.9. The summed E-state index contributed by atoms with van der Waals surface area (Å²) in [7, 11) is 1.87. The van der Waals surface area contributed by atoms with Crippen LogP contribution in [0.3, 0.4) is 0 Å². The van der Waals surface area contributed by atoms with Crippen LogP contribution in [0.25, 0.3) is 11.0 Å². The van der Waals surface area contributed by atoms with Gasteiger partial charge in [0.25, 0.3) is 5.91 Å². The van der Waals surface area contributed by atoms with Crippen molar-refractivity contribution in [1.29, 1.82) is 0 Å². The quantitative estimate of drug-likeness (QED) is 0.136. The van der Waals surface area contributed by atoms with Crippen molar-refractivity contribution in [2.75, 3.05) is 33.2 Å². The lowest BCUT2D eigenvalue weighted by molar-refractivity contribution is 0.0779. The third kappa shape index (κ3) is 7.64. The highest BCUT2D eigenvalue weighted by atomic mass is 35.5. The minimum atomic E-state index is -0.283. The van der Waals surface area contributed by atoms with Crippen LogP contribution in [0, 0.1) is 18.7 Å². The smallest absolute Gasteiger partial charge is 0.253 e. The van der Waals surface area contributed by atoms with E-state index in [1.165, 1.54) is 17.7 Å². The molecule has 1 saturated heterocycles. The van der Waals surface area contributed by atoms with Crippen molar-refractivity contribution in [1.82, 2.24) is 19.4 Å². The van der Waals surface area contributed by atoms with E-state index in [1.807, 2.05) is 84.1 Å². The van der Waals surface area contributed by atoms with Gasteiger partial charge in [-0.15, -0.1) is 0 Å². The van der Waals surface area contributed by atoms with Gasteiger partial charge in [-0.3, -0.25) is 9.59 Å². The Hall–Kier alpha value is -4.33. The van der Waals surface area contributed by atoms with Crippen molar-refractivity contribution in [3.8, 4) is 0 Å². The first kappa shape index (κ1) is 32.6. The number of benzene rings is 4. The van der Waals surface area contributed by atoms with Crippen molar-refractivity contribution in [3.63, 3.8) is 0 Å². The monoisotopic (exact) mass is 650 g/mol. The number of fused-ring (bicyclic) bond motifs is 1. The minimum Gasteiger partial charge on any atom is -0.341 e. The van der Waals surface area contributed by atoms with Gasteiger partial charge in [-0.25, -0.2) is 9.37 Å². The molecule has 1 aliphatic heterocycles. The maximum absolute atomic E-state index is 13.9. The van der Waals surface area contributed by atoms with E-state index in [0.717, 1.165) is 66.1 Å². The molecule has 1 aliphatic rings. The van der Waals surface area contributed by atoms with E-state index in [2.05, 4.69) is 17.0 Å². The second kappa shape index (κ2) is 14.6. The van der Waals surface area contributed by atoms with Gasteiger partial charge in [0.15, 0.2) is 5.82 Å². The van der Waals surface area contributed by atoms with Crippen LogP contribution >= 0.6 is 11.6 Å². The highest BCUT2D eigenvalue weighted by Crippen LogP contribution is 2.29. The summed E-state index contributed by atoms with van der Waals surface area (Å²) in [4.78, 5) is 36.2. The molecular weight excluding hydrogens is 611 g/mol. The number of carbonyl (C=O) groups excluding carboxylic acids is 2. The molecule has 8 heteroatoms. The van der Waals surface area contributed by atoms with Gasteiger partial charge in [0.05, 0.1) is 11.0 Å². The first-order valence-corrected chi connectivity index (χ1v) is 16.7. The molecule has 0 spiro atoms. The summed E-state index contributed by atoms with van der Waals surface area (Å²) >= 11 is 6.36. The van der Waals surface area contributed by atoms with E-state index in [9.17, 15) is 14.0 Å². The summed E-state index contributed by atoms with van der Waals surface area (Å²) in [6.07, 6.45) is 2.39. The molecule has 47 heavy (non-hydrogen) atoms. The first-order chi connectivity index (χ1) is 22.8. The molecule has 6 nitrogen and oxygen atoms in total. The molecule has 1 atom stereocenters. The number of hydrogen-bond donors (Lipinski definition) is 0. The van der Waals surface area contributed by atoms with Crippen LogP contribution in [0.1, 0.15) is 62.8 Å². The Morgan fingerprint density at radius 3 is 2.38 bits per heavy atom. The number of amides is 1. The number of rotatable bonds is 11. The number of aryl methyl sites for hydroxylation is 1. The highest BCUT2D eigenvalue weighted by Gasteiger charge is 2.30. The van der Waals surface area contributed by atoms with Gasteiger partial charge in [-0.2, -0.15) is 0 Å². The van der Waals surface area contributed by atoms with Gasteiger partial charge in [0, 0.05) is 42.6 Å². The van der Waals surface area contributed by atoms with Gasteiger partial charge < -0.3 is 14.4 Å². The molecule has 0 bridgehead atoms. The predicted octanol–water partition coefficient (Wildman–Crippen LogP) is 8.03. The molecule has 0 aliphatic carbocycles. The van der Waals surface area contributed by atoms with Crippen molar-refractivity contribution in [2.24, 2.45) is 5.92 Å². The normalized spacial score (nSPS) is 14.7. The maximum atomic E-state index is 13.9. The number of halogens is 2. The van der Waals surface area contributed by atoms with Crippen LogP contribution in [-0.2, 0) is 6.54 Å². The van der Waals surface area contributed by atoms with Crippen molar-refractivity contribution in [2.45, 2.75) is 38.6 Å². The Labute approximate surface area is 280 Å². The molecule has 6 rings (SSSR count).